The van der Waals surface area contributed by atoms with Gasteiger partial charge in [-0.25, -0.2) is 14.6 Å². The van der Waals surface area contributed by atoms with Crippen molar-refractivity contribution < 1.29 is 0 Å². The standard InChI is InChI=1S/C13H19ClN6/c1-9(2)7-20-13(17-8-18-20)5-11(19-15)10-3-4-12(14)16-6-10/h3-4,6,8-9,11,19H,5,7,15H2,1-2H3. The van der Waals surface area contributed by atoms with E-state index in [4.69, 9.17) is 17.4 Å². The monoisotopic (exact) mass is 294 g/mol. The van der Waals surface area contributed by atoms with Gasteiger partial charge in [-0.15, -0.1) is 0 Å². The summed E-state index contributed by atoms with van der Waals surface area (Å²) < 4.78 is 1.92. The fourth-order valence-electron chi connectivity index (χ4n) is 1.99. The molecule has 0 saturated heterocycles. The highest BCUT2D eigenvalue weighted by atomic mass is 35.5. The van der Waals surface area contributed by atoms with Gasteiger partial charge in [0.25, 0.3) is 0 Å². The third-order valence-electron chi connectivity index (χ3n) is 2.97. The van der Waals surface area contributed by atoms with Crippen LogP contribution >= 0.6 is 11.6 Å². The van der Waals surface area contributed by atoms with Gasteiger partial charge >= 0.3 is 0 Å². The van der Waals surface area contributed by atoms with Gasteiger partial charge in [0.15, 0.2) is 0 Å². The molecule has 0 aliphatic rings. The first-order valence-electron chi connectivity index (χ1n) is 6.54. The molecule has 3 N–H and O–H groups in total. The number of aromatic nitrogens is 4. The van der Waals surface area contributed by atoms with Crippen molar-refractivity contribution in [2.24, 2.45) is 11.8 Å². The molecular formula is C13H19ClN6. The maximum absolute atomic E-state index is 5.80. The number of nitrogens with zero attached hydrogens (tertiary/aromatic N) is 4. The molecule has 6 nitrogen and oxygen atoms in total. The third kappa shape index (κ3) is 3.75. The van der Waals surface area contributed by atoms with Crippen LogP contribution in [0.15, 0.2) is 24.7 Å². The first-order chi connectivity index (χ1) is 9.60. The lowest BCUT2D eigenvalue weighted by molar-refractivity contribution is 0.446. The number of pyridine rings is 1. The van der Waals surface area contributed by atoms with Gasteiger partial charge < -0.3 is 0 Å². The Kier molecular flexibility index (Phi) is 5.05. The van der Waals surface area contributed by atoms with Crippen molar-refractivity contribution in [2.45, 2.75) is 32.9 Å². The molecule has 0 amide bonds. The van der Waals surface area contributed by atoms with E-state index in [2.05, 4.69) is 34.3 Å². The quantitative estimate of drug-likeness (QED) is 0.482. The van der Waals surface area contributed by atoms with E-state index in [9.17, 15) is 0 Å². The molecule has 0 aromatic carbocycles. The van der Waals surface area contributed by atoms with Gasteiger partial charge in [-0.2, -0.15) is 5.10 Å². The van der Waals surface area contributed by atoms with E-state index in [0.29, 0.717) is 17.5 Å². The van der Waals surface area contributed by atoms with E-state index in [0.717, 1.165) is 17.9 Å². The van der Waals surface area contributed by atoms with Crippen molar-refractivity contribution in [3.05, 3.63) is 41.2 Å². The summed E-state index contributed by atoms with van der Waals surface area (Å²) in [5, 5.41) is 4.72. The Balaban J connectivity index is 2.14. The van der Waals surface area contributed by atoms with Crippen molar-refractivity contribution in [3.8, 4) is 0 Å². The van der Waals surface area contributed by atoms with Gasteiger partial charge in [0.1, 0.15) is 17.3 Å². The Morgan fingerprint density at radius 3 is 2.75 bits per heavy atom. The second-order valence-electron chi connectivity index (χ2n) is 5.09. The molecular weight excluding hydrogens is 276 g/mol. The number of halogens is 1. The topological polar surface area (TPSA) is 81.7 Å². The molecule has 0 saturated carbocycles. The summed E-state index contributed by atoms with van der Waals surface area (Å²) in [6.07, 6.45) is 3.94. The number of nitrogens with two attached hydrogens (primary N) is 1. The third-order valence-corrected chi connectivity index (χ3v) is 3.20. The van der Waals surface area contributed by atoms with Gasteiger partial charge in [0.05, 0.1) is 6.04 Å². The first-order valence-corrected chi connectivity index (χ1v) is 6.92. The Morgan fingerprint density at radius 2 is 2.15 bits per heavy atom. The van der Waals surface area contributed by atoms with E-state index >= 15 is 0 Å². The zero-order valence-corrected chi connectivity index (χ0v) is 12.4. The van der Waals surface area contributed by atoms with Crippen molar-refractivity contribution in [1.82, 2.24) is 25.2 Å². The van der Waals surface area contributed by atoms with Crippen LogP contribution in [0.4, 0.5) is 0 Å². The Morgan fingerprint density at radius 1 is 1.35 bits per heavy atom. The number of rotatable bonds is 6. The van der Waals surface area contributed by atoms with E-state index in [1.807, 2.05) is 10.7 Å². The molecule has 0 aliphatic heterocycles. The predicted molar refractivity (Wildman–Crippen MR) is 77.9 cm³/mol. The van der Waals surface area contributed by atoms with Gasteiger partial charge in [0, 0.05) is 19.2 Å². The van der Waals surface area contributed by atoms with Gasteiger partial charge in [0.2, 0.25) is 0 Å². The molecule has 0 aliphatic carbocycles. The Labute approximate surface area is 123 Å². The van der Waals surface area contributed by atoms with E-state index in [1.54, 1.807) is 18.6 Å². The maximum atomic E-state index is 5.80. The van der Waals surface area contributed by atoms with Crippen molar-refractivity contribution in [1.29, 1.82) is 0 Å². The van der Waals surface area contributed by atoms with Crippen LogP contribution in [0.5, 0.6) is 0 Å². The summed E-state index contributed by atoms with van der Waals surface area (Å²) in [4.78, 5) is 8.38. The minimum absolute atomic E-state index is 0.0742. The maximum Gasteiger partial charge on any atom is 0.138 e. The van der Waals surface area contributed by atoms with Crippen molar-refractivity contribution >= 4 is 11.6 Å². The van der Waals surface area contributed by atoms with Crippen LogP contribution in [-0.2, 0) is 13.0 Å². The Bertz CT molecular complexity index is 536. The molecule has 2 aromatic heterocycles. The molecule has 20 heavy (non-hydrogen) atoms. The van der Waals surface area contributed by atoms with Gasteiger partial charge in [-0.3, -0.25) is 11.3 Å². The normalized spacial score (nSPS) is 12.8. The average Bonchev–Trinajstić information content (AvgIpc) is 2.83. The molecule has 1 atom stereocenters. The highest BCUT2D eigenvalue weighted by molar-refractivity contribution is 6.29. The zero-order valence-electron chi connectivity index (χ0n) is 11.6. The summed E-state index contributed by atoms with van der Waals surface area (Å²) in [5.41, 5.74) is 3.76. The largest absolute Gasteiger partial charge is 0.271 e. The fourth-order valence-corrected chi connectivity index (χ4v) is 2.11. The van der Waals surface area contributed by atoms with E-state index < -0.39 is 0 Å². The van der Waals surface area contributed by atoms with E-state index in [-0.39, 0.29) is 6.04 Å². The van der Waals surface area contributed by atoms with E-state index in [1.165, 1.54) is 0 Å². The minimum Gasteiger partial charge on any atom is -0.271 e. The molecule has 2 heterocycles. The minimum atomic E-state index is -0.0742. The Hall–Kier alpha value is -1.50. The lowest BCUT2D eigenvalue weighted by Gasteiger charge is -2.16. The predicted octanol–water partition coefficient (Wildman–Crippen LogP) is 1.73. The summed E-state index contributed by atoms with van der Waals surface area (Å²) in [6, 6.07) is 3.58. The van der Waals surface area contributed by atoms with Gasteiger partial charge in [-0.05, 0) is 17.5 Å². The summed E-state index contributed by atoms with van der Waals surface area (Å²) in [7, 11) is 0. The second kappa shape index (κ2) is 6.78. The van der Waals surface area contributed by atoms with Crippen LogP contribution in [-0.4, -0.2) is 19.7 Å². The van der Waals surface area contributed by atoms with Crippen LogP contribution in [0.1, 0.15) is 31.3 Å². The lowest BCUT2D eigenvalue weighted by atomic mass is 10.1. The highest BCUT2D eigenvalue weighted by Crippen LogP contribution is 2.17. The lowest BCUT2D eigenvalue weighted by Crippen LogP contribution is -2.30. The molecule has 2 rings (SSSR count). The van der Waals surface area contributed by atoms with Crippen LogP contribution in [0.3, 0.4) is 0 Å². The van der Waals surface area contributed by atoms with Crippen LogP contribution in [0.25, 0.3) is 0 Å². The summed E-state index contributed by atoms with van der Waals surface area (Å²) in [6.45, 7) is 5.13. The van der Waals surface area contributed by atoms with Crippen molar-refractivity contribution in [2.75, 3.05) is 0 Å². The molecule has 108 valence electrons. The first kappa shape index (κ1) is 14.9. The molecule has 7 heteroatoms. The second-order valence-corrected chi connectivity index (χ2v) is 5.48. The smallest absolute Gasteiger partial charge is 0.138 e. The summed E-state index contributed by atoms with van der Waals surface area (Å²) in [5.74, 6) is 7.05. The van der Waals surface area contributed by atoms with Crippen LogP contribution in [0, 0.1) is 5.92 Å². The molecule has 0 spiro atoms. The van der Waals surface area contributed by atoms with Crippen LogP contribution in [0.2, 0.25) is 5.15 Å². The van der Waals surface area contributed by atoms with Crippen molar-refractivity contribution in [3.63, 3.8) is 0 Å². The van der Waals surface area contributed by atoms with Gasteiger partial charge in [-0.1, -0.05) is 31.5 Å². The number of hydrazine groups is 1. The number of hydrogen-bond donors (Lipinski definition) is 2. The molecule has 0 fully saturated rings. The fraction of sp³-hybridized carbons (Fsp3) is 0.462. The summed E-state index contributed by atoms with van der Waals surface area (Å²) >= 11 is 5.80. The molecule has 0 radical (unpaired) electrons. The molecule has 0 bridgehead atoms. The highest BCUT2D eigenvalue weighted by Gasteiger charge is 2.15. The molecule has 1 unspecified atom stereocenters. The SMILES string of the molecule is CC(C)Cn1ncnc1CC(NN)c1ccc(Cl)nc1. The number of hydrogen-bond acceptors (Lipinski definition) is 5. The average molecular weight is 295 g/mol. The van der Waals surface area contributed by atoms with Crippen LogP contribution < -0.4 is 11.3 Å². The number of nitrogens with one attached hydrogen (secondary N) is 1. The molecule has 2 aromatic rings. The zero-order chi connectivity index (χ0) is 14.5.